The predicted molar refractivity (Wildman–Crippen MR) is 74.9 cm³/mol. The maximum Gasteiger partial charge on any atom is 0.242 e. The maximum absolute atomic E-state index is 11.9. The lowest BCUT2D eigenvalue weighted by Crippen LogP contribution is -2.28. The summed E-state index contributed by atoms with van der Waals surface area (Å²) in [5.74, 6) is 0.739. The third-order valence-corrected chi connectivity index (χ3v) is 5.54. The van der Waals surface area contributed by atoms with E-state index < -0.39 is 20.8 Å². The lowest BCUT2D eigenvalue weighted by atomic mass is 10.2. The van der Waals surface area contributed by atoms with E-state index in [-0.39, 0.29) is 27.8 Å². The summed E-state index contributed by atoms with van der Waals surface area (Å²) >= 11 is 5.83. The first-order valence-electron chi connectivity index (χ1n) is 5.45. The number of sulfonamides is 1. The van der Waals surface area contributed by atoms with Crippen LogP contribution >= 0.6 is 11.6 Å². The van der Waals surface area contributed by atoms with Crippen LogP contribution in [0.15, 0.2) is 23.1 Å². The number of halogens is 1. The number of hydrogen-bond acceptors (Lipinski definition) is 4. The average Bonchev–Trinajstić information content (AvgIpc) is 2.37. The van der Waals surface area contributed by atoms with E-state index in [9.17, 15) is 12.6 Å². The summed E-state index contributed by atoms with van der Waals surface area (Å²) in [6.45, 7) is 1.85. The standard InChI is InChI=1S/C11H13ClN2O3S2/c1-2-18(15)6-5-14-19(16,17)11-4-3-9(8-13)7-10(11)12/h3-4,7,14H,2,5-6H2,1H3. The molecule has 1 atom stereocenters. The Morgan fingerprint density at radius 2 is 2.16 bits per heavy atom. The van der Waals surface area contributed by atoms with E-state index in [0.29, 0.717) is 5.75 Å². The Bertz CT molecular complexity index is 623. The molecule has 1 unspecified atom stereocenters. The monoisotopic (exact) mass is 320 g/mol. The summed E-state index contributed by atoms with van der Waals surface area (Å²) in [6.07, 6.45) is 0. The van der Waals surface area contributed by atoms with E-state index in [0.717, 1.165) is 0 Å². The molecule has 19 heavy (non-hydrogen) atoms. The third kappa shape index (κ3) is 4.58. The number of nitrogens with one attached hydrogen (secondary N) is 1. The van der Waals surface area contributed by atoms with Crippen LogP contribution in [-0.2, 0) is 20.8 Å². The molecule has 0 aliphatic rings. The Morgan fingerprint density at radius 3 is 2.68 bits per heavy atom. The quantitative estimate of drug-likeness (QED) is 0.854. The summed E-state index contributed by atoms with van der Waals surface area (Å²) in [4.78, 5) is -0.0875. The van der Waals surface area contributed by atoms with Crippen molar-refractivity contribution >= 4 is 32.4 Å². The Labute approximate surface area is 120 Å². The Hall–Kier alpha value is -0.940. The average molecular weight is 321 g/mol. The molecule has 0 saturated heterocycles. The van der Waals surface area contributed by atoms with Gasteiger partial charge in [0, 0.05) is 28.9 Å². The van der Waals surface area contributed by atoms with Crippen LogP contribution in [0.3, 0.4) is 0 Å². The minimum Gasteiger partial charge on any atom is -0.260 e. The van der Waals surface area contributed by atoms with Crippen LogP contribution in [0.25, 0.3) is 0 Å². The van der Waals surface area contributed by atoms with Gasteiger partial charge in [0.2, 0.25) is 10.0 Å². The van der Waals surface area contributed by atoms with Crippen LogP contribution in [0.4, 0.5) is 0 Å². The highest BCUT2D eigenvalue weighted by molar-refractivity contribution is 7.89. The van der Waals surface area contributed by atoms with Crippen LogP contribution in [0.5, 0.6) is 0 Å². The van der Waals surface area contributed by atoms with Crippen LogP contribution in [0, 0.1) is 11.3 Å². The molecule has 0 aromatic heterocycles. The zero-order valence-corrected chi connectivity index (χ0v) is 12.6. The molecule has 104 valence electrons. The molecule has 1 N–H and O–H groups in total. The van der Waals surface area contributed by atoms with Crippen molar-refractivity contribution in [1.29, 1.82) is 5.26 Å². The second-order valence-electron chi connectivity index (χ2n) is 3.59. The van der Waals surface area contributed by atoms with E-state index in [4.69, 9.17) is 16.9 Å². The molecular weight excluding hydrogens is 308 g/mol. The first kappa shape index (κ1) is 16.1. The van der Waals surface area contributed by atoms with Gasteiger partial charge in [-0.1, -0.05) is 18.5 Å². The van der Waals surface area contributed by atoms with Crippen molar-refractivity contribution in [2.45, 2.75) is 11.8 Å². The molecule has 0 fully saturated rings. The van der Waals surface area contributed by atoms with Gasteiger partial charge in [-0.05, 0) is 18.2 Å². The molecule has 0 aliphatic carbocycles. The van der Waals surface area contributed by atoms with E-state index >= 15 is 0 Å². The fourth-order valence-corrected chi connectivity index (χ4v) is 3.62. The van der Waals surface area contributed by atoms with E-state index in [2.05, 4.69) is 4.72 Å². The van der Waals surface area contributed by atoms with Crippen molar-refractivity contribution < 1.29 is 12.6 Å². The van der Waals surface area contributed by atoms with Gasteiger partial charge in [0.25, 0.3) is 0 Å². The second kappa shape index (κ2) is 7.01. The predicted octanol–water partition coefficient (Wildman–Crippen LogP) is 1.26. The molecule has 0 heterocycles. The van der Waals surface area contributed by atoms with Crippen molar-refractivity contribution in [2.24, 2.45) is 0 Å². The van der Waals surface area contributed by atoms with Gasteiger partial charge in [0.15, 0.2) is 0 Å². The Kier molecular flexibility index (Phi) is 5.94. The number of nitriles is 1. The molecule has 0 aliphatic heterocycles. The van der Waals surface area contributed by atoms with E-state index in [1.165, 1.54) is 18.2 Å². The number of nitrogens with zero attached hydrogens (tertiary/aromatic N) is 1. The lowest BCUT2D eigenvalue weighted by Gasteiger charge is -2.08. The Morgan fingerprint density at radius 1 is 1.47 bits per heavy atom. The highest BCUT2D eigenvalue weighted by Crippen LogP contribution is 2.22. The molecule has 8 heteroatoms. The number of rotatable bonds is 6. The van der Waals surface area contributed by atoms with Gasteiger partial charge in [-0.2, -0.15) is 5.26 Å². The minimum absolute atomic E-state index is 0.0110. The van der Waals surface area contributed by atoms with Crippen LogP contribution in [0.2, 0.25) is 5.02 Å². The smallest absolute Gasteiger partial charge is 0.242 e. The zero-order chi connectivity index (χ0) is 14.5. The van der Waals surface area contributed by atoms with Gasteiger partial charge < -0.3 is 0 Å². The molecule has 0 amide bonds. The van der Waals surface area contributed by atoms with E-state index in [1.807, 2.05) is 6.07 Å². The van der Waals surface area contributed by atoms with Gasteiger partial charge in [-0.25, -0.2) is 13.1 Å². The summed E-state index contributed by atoms with van der Waals surface area (Å²) in [7, 11) is -4.78. The number of benzene rings is 1. The first-order chi connectivity index (χ1) is 8.90. The molecule has 0 radical (unpaired) electrons. The molecule has 1 aromatic rings. The van der Waals surface area contributed by atoms with Crippen molar-refractivity contribution in [2.75, 3.05) is 18.1 Å². The summed E-state index contributed by atoms with van der Waals surface area (Å²) in [5, 5.41) is 8.67. The van der Waals surface area contributed by atoms with Crippen molar-refractivity contribution in [3.8, 4) is 6.07 Å². The molecule has 1 aromatic carbocycles. The fraction of sp³-hybridized carbons (Fsp3) is 0.364. The zero-order valence-electron chi connectivity index (χ0n) is 10.2. The molecule has 0 bridgehead atoms. The minimum atomic E-state index is -3.75. The molecular formula is C11H13ClN2O3S2. The van der Waals surface area contributed by atoms with Gasteiger partial charge in [0.05, 0.1) is 16.7 Å². The largest absolute Gasteiger partial charge is 0.260 e. The fourth-order valence-electron chi connectivity index (χ4n) is 1.30. The van der Waals surface area contributed by atoms with Crippen LogP contribution in [0.1, 0.15) is 12.5 Å². The molecule has 0 spiro atoms. The highest BCUT2D eigenvalue weighted by Gasteiger charge is 2.17. The second-order valence-corrected chi connectivity index (χ2v) is 7.60. The van der Waals surface area contributed by atoms with Gasteiger partial charge in [-0.15, -0.1) is 0 Å². The first-order valence-corrected chi connectivity index (χ1v) is 8.80. The van der Waals surface area contributed by atoms with Crippen molar-refractivity contribution in [3.63, 3.8) is 0 Å². The SMILES string of the molecule is CCS(=O)CCNS(=O)(=O)c1ccc(C#N)cc1Cl. The summed E-state index contributed by atoms with van der Waals surface area (Å²) < 4.78 is 37.4. The van der Waals surface area contributed by atoms with Crippen molar-refractivity contribution in [3.05, 3.63) is 28.8 Å². The molecule has 5 nitrogen and oxygen atoms in total. The lowest BCUT2D eigenvalue weighted by molar-refractivity contribution is 0.584. The normalized spacial score (nSPS) is 12.9. The topological polar surface area (TPSA) is 87.0 Å². The third-order valence-electron chi connectivity index (χ3n) is 2.29. The van der Waals surface area contributed by atoms with Crippen molar-refractivity contribution in [1.82, 2.24) is 4.72 Å². The number of hydrogen-bond donors (Lipinski definition) is 1. The summed E-state index contributed by atoms with van der Waals surface area (Å²) in [5.41, 5.74) is 0.288. The van der Waals surface area contributed by atoms with Gasteiger partial charge in [0.1, 0.15) is 4.90 Å². The highest BCUT2D eigenvalue weighted by atomic mass is 35.5. The Balaban J connectivity index is 2.84. The molecule has 0 saturated carbocycles. The summed E-state index contributed by atoms with van der Waals surface area (Å²) in [6, 6.07) is 5.82. The van der Waals surface area contributed by atoms with E-state index in [1.54, 1.807) is 6.92 Å². The molecule has 1 rings (SSSR count). The maximum atomic E-state index is 11.9. The van der Waals surface area contributed by atoms with Gasteiger partial charge in [-0.3, -0.25) is 4.21 Å². The van der Waals surface area contributed by atoms with Crippen LogP contribution in [-0.4, -0.2) is 30.7 Å². The van der Waals surface area contributed by atoms with Gasteiger partial charge >= 0.3 is 0 Å². The van der Waals surface area contributed by atoms with Crippen LogP contribution < -0.4 is 4.72 Å².